The lowest BCUT2D eigenvalue weighted by molar-refractivity contribution is -0.148. The summed E-state index contributed by atoms with van der Waals surface area (Å²) in [5.74, 6) is -0.244. The summed E-state index contributed by atoms with van der Waals surface area (Å²) in [7, 11) is 0. The van der Waals surface area contributed by atoms with Gasteiger partial charge in [-0.2, -0.15) is 0 Å². The molecule has 1 rings (SSSR count). The molecular weight excluding hydrogens is 312 g/mol. The maximum Gasteiger partial charge on any atom is 0.334 e. The van der Waals surface area contributed by atoms with E-state index < -0.39 is 5.60 Å². The first kappa shape index (κ1) is 22.2. The van der Waals surface area contributed by atoms with Crippen molar-refractivity contribution in [2.24, 2.45) is 0 Å². The molecular formula is C22H40O3. The van der Waals surface area contributed by atoms with Gasteiger partial charge in [0, 0.05) is 12.0 Å². The van der Waals surface area contributed by atoms with Gasteiger partial charge in [0.2, 0.25) is 0 Å². The fourth-order valence-corrected chi connectivity index (χ4v) is 3.48. The molecule has 0 aromatic heterocycles. The highest BCUT2D eigenvalue weighted by Gasteiger charge is 2.38. The summed E-state index contributed by atoms with van der Waals surface area (Å²) >= 11 is 0. The number of carbonyl (C=O) groups excluding carboxylic acids is 1. The number of unbranched alkanes of at least 4 members (excludes halogenated alkanes) is 13. The van der Waals surface area contributed by atoms with Crippen LogP contribution in [0.2, 0.25) is 0 Å². The Morgan fingerprint density at radius 3 is 1.84 bits per heavy atom. The fourth-order valence-electron chi connectivity index (χ4n) is 3.48. The van der Waals surface area contributed by atoms with Crippen molar-refractivity contribution in [3.05, 3.63) is 11.6 Å². The molecule has 1 aliphatic heterocycles. The molecule has 3 heteroatoms. The van der Waals surface area contributed by atoms with Crippen molar-refractivity contribution >= 4 is 5.97 Å². The van der Waals surface area contributed by atoms with E-state index in [-0.39, 0.29) is 12.6 Å². The van der Waals surface area contributed by atoms with E-state index in [2.05, 4.69) is 6.92 Å². The van der Waals surface area contributed by atoms with Crippen molar-refractivity contribution in [2.45, 2.75) is 116 Å². The van der Waals surface area contributed by atoms with E-state index in [4.69, 9.17) is 4.74 Å². The Morgan fingerprint density at radius 1 is 0.920 bits per heavy atom. The molecule has 146 valence electrons. The quantitative estimate of drug-likeness (QED) is 0.220. The first-order valence-electron chi connectivity index (χ1n) is 10.6. The van der Waals surface area contributed by atoms with E-state index in [9.17, 15) is 9.90 Å². The molecule has 1 atom stereocenters. The van der Waals surface area contributed by atoms with Gasteiger partial charge in [0.05, 0.1) is 6.61 Å². The predicted octanol–water partition coefficient (Wildman–Crippen LogP) is 6.09. The Balaban J connectivity index is 1.89. The first-order chi connectivity index (χ1) is 12.1. The second-order valence-electron chi connectivity index (χ2n) is 7.93. The van der Waals surface area contributed by atoms with Gasteiger partial charge in [-0.05, 0) is 19.8 Å². The number of aliphatic hydroxyl groups is 1. The van der Waals surface area contributed by atoms with Gasteiger partial charge in [0.15, 0.2) is 0 Å². The van der Waals surface area contributed by atoms with Crippen LogP contribution in [0.25, 0.3) is 0 Å². The number of ether oxygens (including phenoxy) is 1. The van der Waals surface area contributed by atoms with Crippen molar-refractivity contribution in [3.63, 3.8) is 0 Å². The average molecular weight is 353 g/mol. The van der Waals surface area contributed by atoms with Gasteiger partial charge in [-0.25, -0.2) is 4.79 Å². The molecule has 1 saturated heterocycles. The van der Waals surface area contributed by atoms with E-state index in [1.807, 2.05) is 6.08 Å². The van der Waals surface area contributed by atoms with Gasteiger partial charge in [-0.3, -0.25) is 0 Å². The van der Waals surface area contributed by atoms with Crippen LogP contribution in [0, 0.1) is 0 Å². The van der Waals surface area contributed by atoms with E-state index in [1.165, 1.54) is 77.0 Å². The lowest BCUT2D eigenvalue weighted by atomic mass is 9.99. The molecule has 0 aromatic carbocycles. The standard InChI is InChI=1S/C22H40O3/c1-3-4-5-6-7-8-9-10-11-12-13-14-15-16-17-20-18-22(2,19-23)25-21(20)24/h17,23H,3-16,18-19H2,1-2H3. The number of esters is 1. The first-order valence-corrected chi connectivity index (χ1v) is 10.6. The summed E-state index contributed by atoms with van der Waals surface area (Å²) in [6, 6.07) is 0. The van der Waals surface area contributed by atoms with Gasteiger partial charge < -0.3 is 9.84 Å². The molecule has 1 unspecified atom stereocenters. The summed E-state index contributed by atoms with van der Waals surface area (Å²) < 4.78 is 5.22. The number of aliphatic hydroxyl groups excluding tert-OH is 1. The largest absolute Gasteiger partial charge is 0.453 e. The second kappa shape index (κ2) is 13.4. The van der Waals surface area contributed by atoms with E-state index in [0.29, 0.717) is 6.42 Å². The minimum atomic E-state index is -0.696. The normalized spacial score (nSPS) is 21.9. The van der Waals surface area contributed by atoms with Gasteiger partial charge in [-0.1, -0.05) is 90.0 Å². The number of hydrogen-bond acceptors (Lipinski definition) is 3. The lowest BCUT2D eigenvalue weighted by Gasteiger charge is -2.17. The molecule has 0 spiro atoms. The smallest absolute Gasteiger partial charge is 0.334 e. The van der Waals surface area contributed by atoms with Gasteiger partial charge in [-0.15, -0.1) is 0 Å². The van der Waals surface area contributed by atoms with Crippen LogP contribution in [-0.2, 0) is 9.53 Å². The molecule has 1 fully saturated rings. The van der Waals surface area contributed by atoms with Gasteiger partial charge >= 0.3 is 5.97 Å². The Labute approximate surface area is 155 Å². The highest BCUT2D eigenvalue weighted by molar-refractivity contribution is 5.91. The lowest BCUT2D eigenvalue weighted by Crippen LogP contribution is -2.28. The third kappa shape index (κ3) is 10.0. The van der Waals surface area contributed by atoms with Crippen molar-refractivity contribution in [2.75, 3.05) is 6.61 Å². The van der Waals surface area contributed by atoms with Gasteiger partial charge in [0.1, 0.15) is 5.60 Å². The van der Waals surface area contributed by atoms with Crippen molar-refractivity contribution in [3.8, 4) is 0 Å². The number of carbonyl (C=O) groups is 1. The highest BCUT2D eigenvalue weighted by Crippen LogP contribution is 2.30. The Hall–Kier alpha value is -0.830. The maximum absolute atomic E-state index is 11.7. The monoisotopic (exact) mass is 352 g/mol. The SMILES string of the molecule is CCCCCCCCCCCCCCCC=C1CC(C)(CO)OC1=O. The van der Waals surface area contributed by atoms with Crippen LogP contribution in [0.4, 0.5) is 0 Å². The van der Waals surface area contributed by atoms with Crippen molar-refractivity contribution in [1.29, 1.82) is 0 Å². The summed E-state index contributed by atoms with van der Waals surface area (Å²) in [5.41, 5.74) is 0.0503. The van der Waals surface area contributed by atoms with Crippen LogP contribution >= 0.6 is 0 Å². The molecule has 0 aromatic rings. The van der Waals surface area contributed by atoms with E-state index in [0.717, 1.165) is 18.4 Å². The molecule has 1 heterocycles. The van der Waals surface area contributed by atoms with Crippen LogP contribution in [0.5, 0.6) is 0 Å². The third-order valence-corrected chi connectivity index (χ3v) is 5.20. The molecule has 0 radical (unpaired) electrons. The van der Waals surface area contributed by atoms with Crippen LogP contribution < -0.4 is 0 Å². The number of rotatable bonds is 15. The van der Waals surface area contributed by atoms with Gasteiger partial charge in [0.25, 0.3) is 0 Å². The summed E-state index contributed by atoms with van der Waals surface area (Å²) in [6.45, 7) is 3.96. The zero-order valence-corrected chi connectivity index (χ0v) is 16.7. The van der Waals surface area contributed by atoms with E-state index >= 15 is 0 Å². The molecule has 0 amide bonds. The predicted molar refractivity (Wildman–Crippen MR) is 105 cm³/mol. The van der Waals surface area contributed by atoms with E-state index in [1.54, 1.807) is 6.92 Å². The minimum Gasteiger partial charge on any atom is -0.453 e. The molecule has 0 aliphatic carbocycles. The molecule has 0 saturated carbocycles. The van der Waals surface area contributed by atoms with Crippen LogP contribution in [-0.4, -0.2) is 23.3 Å². The number of hydrogen-bond donors (Lipinski definition) is 1. The van der Waals surface area contributed by atoms with Crippen LogP contribution in [0.1, 0.15) is 110 Å². The molecule has 3 nitrogen and oxygen atoms in total. The van der Waals surface area contributed by atoms with Crippen LogP contribution in [0.15, 0.2) is 11.6 Å². The summed E-state index contributed by atoms with van der Waals surface area (Å²) in [6.07, 6.45) is 21.1. The van der Waals surface area contributed by atoms with Crippen molar-refractivity contribution < 1.29 is 14.6 Å². The Bertz CT molecular complexity index is 389. The van der Waals surface area contributed by atoms with Crippen molar-refractivity contribution in [1.82, 2.24) is 0 Å². The molecule has 25 heavy (non-hydrogen) atoms. The Kier molecular flexibility index (Phi) is 11.9. The van der Waals surface area contributed by atoms with Crippen LogP contribution in [0.3, 0.4) is 0 Å². The summed E-state index contributed by atoms with van der Waals surface area (Å²) in [5, 5.41) is 9.25. The zero-order valence-electron chi connectivity index (χ0n) is 16.7. The maximum atomic E-state index is 11.7. The fraction of sp³-hybridized carbons (Fsp3) is 0.864. The third-order valence-electron chi connectivity index (χ3n) is 5.20. The summed E-state index contributed by atoms with van der Waals surface area (Å²) in [4.78, 5) is 11.7. The topological polar surface area (TPSA) is 46.5 Å². The number of allylic oxidation sites excluding steroid dienone is 1. The Morgan fingerprint density at radius 2 is 1.40 bits per heavy atom. The molecule has 1 N–H and O–H groups in total. The average Bonchev–Trinajstić information content (AvgIpc) is 2.90. The second-order valence-corrected chi connectivity index (χ2v) is 7.93. The highest BCUT2D eigenvalue weighted by atomic mass is 16.6. The minimum absolute atomic E-state index is 0.102. The molecule has 0 bridgehead atoms. The number of cyclic esters (lactones) is 1. The molecule has 1 aliphatic rings. The zero-order chi connectivity index (χ0) is 18.4.